The van der Waals surface area contributed by atoms with Crippen molar-refractivity contribution in [3.05, 3.63) is 57.9 Å². The normalized spacial score (nSPS) is 18.1. The second-order valence-electron chi connectivity index (χ2n) is 6.75. The summed E-state index contributed by atoms with van der Waals surface area (Å²) in [5, 5.41) is 0. The van der Waals surface area contributed by atoms with Gasteiger partial charge in [0.2, 0.25) is 11.6 Å². The number of fused-ring (bicyclic) bond motifs is 4. The van der Waals surface area contributed by atoms with Crippen molar-refractivity contribution in [2.45, 2.75) is 26.7 Å². The van der Waals surface area contributed by atoms with Crippen LogP contribution in [0.15, 0.2) is 24.4 Å². The number of pyridine rings is 1. The van der Waals surface area contributed by atoms with Crippen LogP contribution >= 0.6 is 0 Å². The number of ether oxygens (including phenoxy) is 1. The molecule has 6 heteroatoms. The zero-order valence-corrected chi connectivity index (χ0v) is 14.3. The Morgan fingerprint density at radius 2 is 1.85 bits per heavy atom. The summed E-state index contributed by atoms with van der Waals surface area (Å²) in [7, 11) is 0. The fourth-order valence-corrected chi connectivity index (χ4v) is 3.73. The summed E-state index contributed by atoms with van der Waals surface area (Å²) in [6, 6.07) is 4.50. The summed E-state index contributed by atoms with van der Waals surface area (Å²) in [5.74, 6) is -1.52. The van der Waals surface area contributed by atoms with Crippen LogP contribution < -0.4 is 4.74 Å². The van der Waals surface area contributed by atoms with Crippen LogP contribution in [0.4, 0.5) is 0 Å². The van der Waals surface area contributed by atoms with Crippen molar-refractivity contribution in [2.75, 3.05) is 0 Å². The van der Waals surface area contributed by atoms with E-state index in [0.717, 1.165) is 0 Å². The van der Waals surface area contributed by atoms with Gasteiger partial charge in [-0.3, -0.25) is 24.2 Å². The third-order valence-corrected chi connectivity index (χ3v) is 4.73. The molecule has 0 spiro atoms. The first-order valence-electron chi connectivity index (χ1n) is 8.34. The molecule has 0 amide bonds. The predicted molar refractivity (Wildman–Crippen MR) is 90.7 cm³/mol. The van der Waals surface area contributed by atoms with E-state index in [1.807, 2.05) is 6.92 Å². The van der Waals surface area contributed by atoms with Crippen LogP contribution in [0.5, 0.6) is 5.75 Å². The number of rotatable bonds is 1. The van der Waals surface area contributed by atoms with E-state index in [-0.39, 0.29) is 45.4 Å². The number of ketones is 3. The first-order valence-corrected chi connectivity index (χ1v) is 8.34. The SMILES string of the molecule is CC(=O)Oc1cccc2c1C(=O)c1c(ncc3c1C(=O)CC(C)C3)C2=O. The minimum Gasteiger partial charge on any atom is -0.426 e. The molecule has 1 aromatic carbocycles. The van der Waals surface area contributed by atoms with Gasteiger partial charge in [-0.1, -0.05) is 13.0 Å². The van der Waals surface area contributed by atoms with E-state index in [4.69, 9.17) is 4.74 Å². The molecule has 1 heterocycles. The molecule has 2 aromatic rings. The molecule has 1 unspecified atom stereocenters. The highest BCUT2D eigenvalue weighted by molar-refractivity contribution is 6.31. The van der Waals surface area contributed by atoms with E-state index in [1.54, 1.807) is 6.07 Å². The van der Waals surface area contributed by atoms with Gasteiger partial charge in [0.15, 0.2) is 5.78 Å². The van der Waals surface area contributed by atoms with Crippen LogP contribution in [-0.2, 0) is 11.2 Å². The molecule has 6 nitrogen and oxygen atoms in total. The van der Waals surface area contributed by atoms with E-state index >= 15 is 0 Å². The summed E-state index contributed by atoms with van der Waals surface area (Å²) in [5.41, 5.74) is 1.14. The van der Waals surface area contributed by atoms with E-state index in [9.17, 15) is 19.2 Å². The zero-order chi connectivity index (χ0) is 18.6. The Kier molecular flexibility index (Phi) is 3.57. The third-order valence-electron chi connectivity index (χ3n) is 4.73. The number of nitrogens with zero attached hydrogens (tertiary/aromatic N) is 1. The van der Waals surface area contributed by atoms with Gasteiger partial charge in [0.1, 0.15) is 11.4 Å². The first kappa shape index (κ1) is 16.3. The van der Waals surface area contributed by atoms with Gasteiger partial charge in [-0.05, 0) is 30.0 Å². The Morgan fingerprint density at radius 1 is 1.08 bits per heavy atom. The molecule has 0 N–H and O–H groups in total. The largest absolute Gasteiger partial charge is 0.426 e. The minimum atomic E-state index is -0.595. The molecule has 0 fully saturated rings. The summed E-state index contributed by atoms with van der Waals surface area (Å²) in [4.78, 5) is 54.3. The molecular weight excluding hydrogens is 334 g/mol. The summed E-state index contributed by atoms with van der Waals surface area (Å²) in [6.45, 7) is 3.18. The van der Waals surface area contributed by atoms with Crippen molar-refractivity contribution < 1.29 is 23.9 Å². The smallest absolute Gasteiger partial charge is 0.308 e. The molecule has 0 aliphatic heterocycles. The van der Waals surface area contributed by atoms with Crippen molar-refractivity contribution in [1.29, 1.82) is 0 Å². The van der Waals surface area contributed by atoms with Crippen LogP contribution in [0, 0.1) is 5.92 Å². The van der Waals surface area contributed by atoms with Crippen LogP contribution in [0.1, 0.15) is 68.2 Å². The molecule has 130 valence electrons. The number of hydrogen-bond acceptors (Lipinski definition) is 6. The summed E-state index contributed by atoms with van der Waals surface area (Å²) < 4.78 is 5.12. The summed E-state index contributed by atoms with van der Waals surface area (Å²) >= 11 is 0. The van der Waals surface area contributed by atoms with Gasteiger partial charge in [0.25, 0.3) is 0 Å². The highest BCUT2D eigenvalue weighted by Gasteiger charge is 2.39. The van der Waals surface area contributed by atoms with Crippen molar-refractivity contribution >= 4 is 23.3 Å². The molecule has 1 aromatic heterocycles. The third kappa shape index (κ3) is 2.29. The van der Waals surface area contributed by atoms with Gasteiger partial charge in [-0.15, -0.1) is 0 Å². The lowest BCUT2D eigenvalue weighted by atomic mass is 9.77. The molecule has 4 rings (SSSR count). The van der Waals surface area contributed by atoms with Gasteiger partial charge >= 0.3 is 5.97 Å². The van der Waals surface area contributed by atoms with Gasteiger partial charge in [-0.25, -0.2) is 0 Å². The molecule has 1 atom stereocenters. The van der Waals surface area contributed by atoms with Crippen LogP contribution in [-0.4, -0.2) is 28.3 Å². The van der Waals surface area contributed by atoms with Crippen molar-refractivity contribution in [3.8, 4) is 5.75 Å². The fraction of sp³-hybridized carbons (Fsp3) is 0.250. The maximum absolute atomic E-state index is 13.2. The van der Waals surface area contributed by atoms with Gasteiger partial charge in [-0.2, -0.15) is 0 Å². The minimum absolute atomic E-state index is 0.0101. The predicted octanol–water partition coefficient (Wildman–Crippen LogP) is 2.55. The zero-order valence-electron chi connectivity index (χ0n) is 14.3. The molecule has 0 radical (unpaired) electrons. The molecule has 26 heavy (non-hydrogen) atoms. The lowest BCUT2D eigenvalue weighted by Gasteiger charge is -2.26. The second kappa shape index (κ2) is 5.69. The maximum atomic E-state index is 13.2. The van der Waals surface area contributed by atoms with Crippen LogP contribution in [0.3, 0.4) is 0 Å². The molecule has 2 aliphatic carbocycles. The van der Waals surface area contributed by atoms with E-state index in [1.165, 1.54) is 25.3 Å². The van der Waals surface area contributed by atoms with E-state index in [2.05, 4.69) is 4.98 Å². The van der Waals surface area contributed by atoms with Crippen molar-refractivity contribution in [1.82, 2.24) is 4.98 Å². The Labute approximate surface area is 149 Å². The number of carbonyl (C=O) groups is 4. The number of esters is 1. The lowest BCUT2D eigenvalue weighted by molar-refractivity contribution is -0.131. The number of aromatic nitrogens is 1. The quantitative estimate of drug-likeness (QED) is 0.495. The molecular formula is C20H15NO5. The molecule has 0 bridgehead atoms. The Bertz CT molecular complexity index is 1020. The highest BCUT2D eigenvalue weighted by Crippen LogP contribution is 2.37. The van der Waals surface area contributed by atoms with Gasteiger partial charge in [0, 0.05) is 30.7 Å². The maximum Gasteiger partial charge on any atom is 0.308 e. The summed E-state index contributed by atoms with van der Waals surface area (Å²) in [6.07, 6.45) is 2.47. The number of hydrogen-bond donors (Lipinski definition) is 0. The lowest BCUT2D eigenvalue weighted by Crippen LogP contribution is -2.30. The average Bonchev–Trinajstić information content (AvgIpc) is 2.58. The highest BCUT2D eigenvalue weighted by atomic mass is 16.5. The average molecular weight is 349 g/mol. The Balaban J connectivity index is 1.98. The van der Waals surface area contributed by atoms with Crippen LogP contribution in [0.2, 0.25) is 0 Å². The molecule has 2 aliphatic rings. The van der Waals surface area contributed by atoms with Gasteiger partial charge < -0.3 is 4.74 Å². The number of Topliss-reactive ketones (excluding diaryl/α,β-unsaturated/α-hetero) is 1. The van der Waals surface area contributed by atoms with E-state index in [0.29, 0.717) is 18.4 Å². The van der Waals surface area contributed by atoms with Crippen molar-refractivity contribution in [2.24, 2.45) is 5.92 Å². The number of carbonyl (C=O) groups excluding carboxylic acids is 4. The topological polar surface area (TPSA) is 90.4 Å². The van der Waals surface area contributed by atoms with Crippen molar-refractivity contribution in [3.63, 3.8) is 0 Å². The second-order valence-corrected chi connectivity index (χ2v) is 6.75. The molecule has 0 saturated carbocycles. The molecule has 0 saturated heterocycles. The van der Waals surface area contributed by atoms with E-state index < -0.39 is 17.5 Å². The Hall–Kier alpha value is -3.15. The van der Waals surface area contributed by atoms with Crippen LogP contribution in [0.25, 0.3) is 0 Å². The first-order chi connectivity index (χ1) is 12.4. The fourth-order valence-electron chi connectivity index (χ4n) is 3.73. The number of benzene rings is 1. The Morgan fingerprint density at radius 3 is 2.58 bits per heavy atom. The standard InChI is InChI=1S/C20H15NO5/c1-9-6-11-8-21-18-17(15(11)13(23)7-9)20(25)16-12(19(18)24)4-3-5-14(16)26-10(2)22/h3-5,8-9H,6-7H2,1-2H3. The van der Waals surface area contributed by atoms with Gasteiger partial charge in [0.05, 0.1) is 11.1 Å². The monoisotopic (exact) mass is 349 g/mol.